The molecule has 0 saturated carbocycles. The van der Waals surface area contributed by atoms with E-state index in [9.17, 15) is 0 Å². The van der Waals surface area contributed by atoms with Gasteiger partial charge in [-0.15, -0.1) is 0 Å². The Bertz CT molecular complexity index is 616. The first kappa shape index (κ1) is 14.8. The van der Waals surface area contributed by atoms with Crippen LogP contribution in [0.3, 0.4) is 0 Å². The van der Waals surface area contributed by atoms with Crippen LogP contribution in [0.15, 0.2) is 53.5 Å². The number of hydrogen-bond donors (Lipinski definition) is 1. The molecule has 0 bridgehead atoms. The maximum absolute atomic E-state index is 6.10. The smallest absolute Gasteiger partial charge is 0.159 e. The number of benzene rings is 2. The molecule has 3 nitrogen and oxygen atoms in total. The van der Waals surface area contributed by atoms with Gasteiger partial charge in [-0.3, -0.25) is 0 Å². The van der Waals surface area contributed by atoms with Gasteiger partial charge >= 0.3 is 0 Å². The van der Waals surface area contributed by atoms with Gasteiger partial charge in [0.05, 0.1) is 7.11 Å². The van der Waals surface area contributed by atoms with Gasteiger partial charge in [0.1, 0.15) is 11.4 Å². The van der Waals surface area contributed by atoms with Gasteiger partial charge in [-0.05, 0) is 23.8 Å². The van der Waals surface area contributed by atoms with Crippen molar-refractivity contribution < 1.29 is 4.74 Å². The van der Waals surface area contributed by atoms with Gasteiger partial charge in [0.2, 0.25) is 0 Å². The molecule has 2 rings (SSSR count). The van der Waals surface area contributed by atoms with Crippen LogP contribution in [0.1, 0.15) is 5.56 Å². The number of hydrogen-bond acceptors (Lipinski definition) is 3. The highest BCUT2D eigenvalue weighted by Crippen LogP contribution is 2.28. The molecule has 0 amide bonds. The van der Waals surface area contributed by atoms with Gasteiger partial charge in [-0.2, -0.15) is 0 Å². The molecular formula is C15H15ClN2OS. The lowest BCUT2D eigenvalue weighted by Gasteiger charge is -2.06. The Morgan fingerprint density at radius 3 is 2.65 bits per heavy atom. The van der Waals surface area contributed by atoms with E-state index in [2.05, 4.69) is 4.99 Å². The molecule has 20 heavy (non-hydrogen) atoms. The largest absolute Gasteiger partial charge is 0.494 e. The van der Waals surface area contributed by atoms with Crippen molar-refractivity contribution in [2.24, 2.45) is 10.7 Å². The molecular weight excluding hydrogens is 292 g/mol. The Labute approximate surface area is 127 Å². The number of nitrogens with two attached hydrogens (primary N) is 1. The number of amidine groups is 1. The molecule has 0 fully saturated rings. The zero-order valence-electron chi connectivity index (χ0n) is 11.0. The molecule has 0 aliphatic heterocycles. The van der Waals surface area contributed by atoms with E-state index < -0.39 is 0 Å². The summed E-state index contributed by atoms with van der Waals surface area (Å²) in [5.74, 6) is 1.39. The Morgan fingerprint density at radius 1 is 1.20 bits per heavy atom. The summed E-state index contributed by atoms with van der Waals surface area (Å²) in [6.07, 6.45) is 0. The molecule has 0 spiro atoms. The van der Waals surface area contributed by atoms with Crippen molar-refractivity contribution in [3.8, 4) is 5.75 Å². The van der Waals surface area contributed by atoms with Crippen LogP contribution < -0.4 is 10.5 Å². The quantitative estimate of drug-likeness (QED) is 0.679. The van der Waals surface area contributed by atoms with Crippen LogP contribution in [0.25, 0.3) is 0 Å². The fraction of sp³-hybridized carbons (Fsp3) is 0.133. The van der Waals surface area contributed by atoms with Crippen LogP contribution in [-0.2, 0) is 5.75 Å². The van der Waals surface area contributed by atoms with E-state index >= 15 is 0 Å². The molecule has 2 aromatic rings. The molecule has 0 aliphatic rings. The third kappa shape index (κ3) is 3.92. The number of aliphatic imine (C=N–C) groups is 1. The Kier molecular flexibility index (Phi) is 5.32. The third-order valence-electron chi connectivity index (χ3n) is 2.65. The van der Waals surface area contributed by atoms with Crippen molar-refractivity contribution in [2.45, 2.75) is 5.75 Å². The summed E-state index contributed by atoms with van der Waals surface area (Å²) < 4.78 is 5.24. The van der Waals surface area contributed by atoms with Crippen LogP contribution in [0.2, 0.25) is 5.02 Å². The van der Waals surface area contributed by atoms with Crippen molar-refractivity contribution in [3.63, 3.8) is 0 Å². The summed E-state index contributed by atoms with van der Waals surface area (Å²) in [4.78, 5) is 4.36. The average molecular weight is 307 g/mol. The van der Waals surface area contributed by atoms with E-state index in [1.165, 1.54) is 11.8 Å². The molecule has 0 unspecified atom stereocenters. The van der Waals surface area contributed by atoms with Gasteiger partial charge in [-0.25, -0.2) is 4.99 Å². The summed E-state index contributed by atoms with van der Waals surface area (Å²) in [6.45, 7) is 0. The molecule has 0 aromatic heterocycles. The summed E-state index contributed by atoms with van der Waals surface area (Å²) in [5.41, 5.74) is 7.70. The SMILES string of the molecule is COc1ccccc1N=C(N)SCc1ccccc1Cl. The molecule has 2 N–H and O–H groups in total. The highest BCUT2D eigenvalue weighted by atomic mass is 35.5. The third-order valence-corrected chi connectivity index (χ3v) is 3.86. The topological polar surface area (TPSA) is 47.6 Å². The van der Waals surface area contributed by atoms with Gasteiger partial charge in [0.15, 0.2) is 5.17 Å². The van der Waals surface area contributed by atoms with Crippen molar-refractivity contribution >= 4 is 34.2 Å². The molecule has 0 radical (unpaired) electrons. The van der Waals surface area contributed by atoms with Crippen LogP contribution in [0.5, 0.6) is 5.75 Å². The normalized spacial score (nSPS) is 11.4. The van der Waals surface area contributed by atoms with Crippen LogP contribution >= 0.6 is 23.4 Å². The van der Waals surface area contributed by atoms with Crippen molar-refractivity contribution in [1.82, 2.24) is 0 Å². The molecule has 104 valence electrons. The van der Waals surface area contributed by atoms with Crippen LogP contribution in [-0.4, -0.2) is 12.3 Å². The standard InChI is InChI=1S/C15H15ClN2OS/c1-19-14-9-5-4-8-13(14)18-15(17)20-10-11-6-2-3-7-12(11)16/h2-9H,10H2,1H3,(H2,17,18). The summed E-state index contributed by atoms with van der Waals surface area (Å²) >= 11 is 7.55. The second-order valence-electron chi connectivity index (χ2n) is 4.00. The van der Waals surface area contributed by atoms with Gasteiger partial charge in [0, 0.05) is 10.8 Å². The molecule has 0 saturated heterocycles. The summed E-state index contributed by atoms with van der Waals surface area (Å²) in [6, 6.07) is 15.2. The minimum Gasteiger partial charge on any atom is -0.494 e. The minimum absolute atomic E-state index is 0.481. The van der Waals surface area contributed by atoms with Crippen molar-refractivity contribution in [1.29, 1.82) is 0 Å². The lowest BCUT2D eigenvalue weighted by atomic mass is 10.2. The van der Waals surface area contributed by atoms with Gasteiger partial charge < -0.3 is 10.5 Å². The lowest BCUT2D eigenvalue weighted by molar-refractivity contribution is 0.416. The van der Waals surface area contributed by atoms with Crippen LogP contribution in [0.4, 0.5) is 5.69 Å². The molecule has 0 heterocycles. The second-order valence-corrected chi connectivity index (χ2v) is 5.40. The van der Waals surface area contributed by atoms with Gasteiger partial charge in [-0.1, -0.05) is 53.7 Å². The van der Waals surface area contributed by atoms with E-state index in [1.807, 2.05) is 48.5 Å². The molecule has 0 atom stereocenters. The first-order valence-electron chi connectivity index (χ1n) is 6.04. The maximum Gasteiger partial charge on any atom is 0.159 e. The number of halogens is 1. The fourth-order valence-corrected chi connectivity index (χ4v) is 2.64. The summed E-state index contributed by atoms with van der Waals surface area (Å²) in [5, 5.41) is 1.22. The van der Waals surface area contributed by atoms with Gasteiger partial charge in [0.25, 0.3) is 0 Å². The predicted octanol–water partition coefficient (Wildman–Crippen LogP) is 4.23. The Morgan fingerprint density at radius 2 is 1.90 bits per heavy atom. The van der Waals surface area contributed by atoms with E-state index in [0.717, 1.165) is 16.3 Å². The Balaban J connectivity index is 2.06. The number of thioether (sulfide) groups is 1. The Hall–Kier alpha value is -1.65. The maximum atomic E-state index is 6.10. The predicted molar refractivity (Wildman–Crippen MR) is 87.0 cm³/mol. The number of rotatable bonds is 4. The number of ether oxygens (including phenoxy) is 1. The second kappa shape index (κ2) is 7.22. The average Bonchev–Trinajstić information content (AvgIpc) is 2.47. The van der Waals surface area contributed by atoms with Crippen molar-refractivity contribution in [3.05, 3.63) is 59.1 Å². The number of methoxy groups -OCH3 is 1. The zero-order valence-corrected chi connectivity index (χ0v) is 12.6. The molecule has 5 heteroatoms. The van der Waals surface area contributed by atoms with Crippen molar-refractivity contribution in [2.75, 3.05) is 7.11 Å². The first-order chi connectivity index (χ1) is 9.70. The highest BCUT2D eigenvalue weighted by Gasteiger charge is 2.04. The first-order valence-corrected chi connectivity index (χ1v) is 7.40. The monoisotopic (exact) mass is 306 g/mol. The van der Waals surface area contributed by atoms with E-state index in [0.29, 0.717) is 16.7 Å². The molecule has 2 aromatic carbocycles. The van der Waals surface area contributed by atoms with Crippen LogP contribution in [0, 0.1) is 0 Å². The van der Waals surface area contributed by atoms with E-state index in [-0.39, 0.29) is 0 Å². The van der Waals surface area contributed by atoms with E-state index in [4.69, 9.17) is 22.1 Å². The molecule has 0 aliphatic carbocycles. The lowest BCUT2D eigenvalue weighted by Crippen LogP contribution is -2.06. The minimum atomic E-state index is 0.481. The zero-order chi connectivity index (χ0) is 14.4. The highest BCUT2D eigenvalue weighted by molar-refractivity contribution is 8.13. The number of nitrogens with zero attached hydrogens (tertiary/aromatic N) is 1. The van der Waals surface area contributed by atoms with E-state index in [1.54, 1.807) is 7.11 Å². The summed E-state index contributed by atoms with van der Waals surface area (Å²) in [7, 11) is 1.61. The number of para-hydroxylation sites is 2. The fourth-order valence-electron chi connectivity index (χ4n) is 1.64.